The van der Waals surface area contributed by atoms with Gasteiger partial charge in [-0.25, -0.2) is 14.5 Å². The van der Waals surface area contributed by atoms with E-state index in [1.54, 1.807) is 35.3 Å². The molecule has 1 amide bonds. The van der Waals surface area contributed by atoms with Crippen molar-refractivity contribution in [3.8, 4) is 5.69 Å². The SMILES string of the molecule is CN(CCCNC(=O)COC(=O)c1ccc(-n2cncn2)cc1)c1ccccc1. The first-order valence-electron chi connectivity index (χ1n) is 9.28. The number of anilines is 1. The van der Waals surface area contributed by atoms with Crippen LogP contribution in [-0.4, -0.2) is 53.4 Å². The molecule has 8 nitrogen and oxygen atoms in total. The molecule has 1 heterocycles. The van der Waals surface area contributed by atoms with E-state index >= 15 is 0 Å². The summed E-state index contributed by atoms with van der Waals surface area (Å²) in [5, 5.41) is 6.78. The van der Waals surface area contributed by atoms with Crippen molar-refractivity contribution in [1.29, 1.82) is 0 Å². The second-order valence-corrected chi connectivity index (χ2v) is 6.42. The molecule has 0 spiro atoms. The van der Waals surface area contributed by atoms with Crippen molar-refractivity contribution in [3.05, 3.63) is 72.8 Å². The molecule has 150 valence electrons. The van der Waals surface area contributed by atoms with Crippen molar-refractivity contribution in [2.45, 2.75) is 6.42 Å². The van der Waals surface area contributed by atoms with Gasteiger partial charge in [-0.2, -0.15) is 5.10 Å². The molecule has 0 unspecified atom stereocenters. The Kier molecular flexibility index (Phi) is 6.94. The number of nitrogens with zero attached hydrogens (tertiary/aromatic N) is 4. The van der Waals surface area contributed by atoms with Crippen LogP contribution >= 0.6 is 0 Å². The minimum absolute atomic E-state index is 0.307. The van der Waals surface area contributed by atoms with Crippen molar-refractivity contribution >= 4 is 17.6 Å². The summed E-state index contributed by atoms with van der Waals surface area (Å²) in [5.74, 6) is -0.867. The molecule has 0 atom stereocenters. The lowest BCUT2D eigenvalue weighted by Gasteiger charge is -2.19. The molecule has 3 rings (SSSR count). The maximum Gasteiger partial charge on any atom is 0.338 e. The number of hydrogen-bond donors (Lipinski definition) is 1. The Morgan fingerprint density at radius 2 is 1.86 bits per heavy atom. The second kappa shape index (κ2) is 10.0. The molecule has 8 heteroatoms. The quantitative estimate of drug-likeness (QED) is 0.442. The van der Waals surface area contributed by atoms with E-state index in [4.69, 9.17) is 4.74 Å². The van der Waals surface area contributed by atoms with E-state index in [1.807, 2.05) is 37.4 Å². The molecule has 1 aromatic heterocycles. The fraction of sp³-hybridized carbons (Fsp3) is 0.238. The number of ether oxygens (including phenoxy) is 1. The van der Waals surface area contributed by atoms with Gasteiger partial charge in [0.1, 0.15) is 12.7 Å². The zero-order valence-corrected chi connectivity index (χ0v) is 16.2. The fourth-order valence-electron chi connectivity index (χ4n) is 2.71. The number of nitrogens with one attached hydrogen (secondary N) is 1. The summed E-state index contributed by atoms with van der Waals surface area (Å²) in [6.45, 7) is 1.01. The molecule has 1 N–H and O–H groups in total. The van der Waals surface area contributed by atoms with Gasteiger partial charge in [0.05, 0.1) is 11.3 Å². The predicted molar refractivity (Wildman–Crippen MR) is 109 cm³/mol. The lowest BCUT2D eigenvalue weighted by Crippen LogP contribution is -2.31. The number of para-hydroxylation sites is 1. The van der Waals surface area contributed by atoms with Crippen LogP contribution in [0, 0.1) is 0 Å². The Morgan fingerprint density at radius 1 is 1.10 bits per heavy atom. The van der Waals surface area contributed by atoms with Crippen molar-refractivity contribution in [3.63, 3.8) is 0 Å². The van der Waals surface area contributed by atoms with Crippen LogP contribution in [0.25, 0.3) is 5.69 Å². The van der Waals surface area contributed by atoms with Gasteiger partial charge < -0.3 is 15.0 Å². The normalized spacial score (nSPS) is 10.4. The molecule has 0 aliphatic heterocycles. The van der Waals surface area contributed by atoms with E-state index in [2.05, 4.69) is 20.3 Å². The van der Waals surface area contributed by atoms with Crippen LogP contribution in [-0.2, 0) is 9.53 Å². The molecule has 0 saturated carbocycles. The van der Waals surface area contributed by atoms with Crippen LogP contribution in [0.4, 0.5) is 5.69 Å². The number of carbonyl (C=O) groups is 2. The lowest BCUT2D eigenvalue weighted by atomic mass is 10.2. The first kappa shape index (κ1) is 20.1. The molecule has 0 bridgehead atoms. The zero-order chi connectivity index (χ0) is 20.5. The third-order valence-electron chi connectivity index (χ3n) is 4.31. The van der Waals surface area contributed by atoms with Gasteiger partial charge in [-0.1, -0.05) is 18.2 Å². The van der Waals surface area contributed by atoms with Crippen LogP contribution in [0.15, 0.2) is 67.3 Å². The largest absolute Gasteiger partial charge is 0.452 e. The summed E-state index contributed by atoms with van der Waals surface area (Å²) in [7, 11) is 2.01. The summed E-state index contributed by atoms with van der Waals surface area (Å²) >= 11 is 0. The fourth-order valence-corrected chi connectivity index (χ4v) is 2.71. The molecule has 29 heavy (non-hydrogen) atoms. The van der Waals surface area contributed by atoms with E-state index in [-0.39, 0.29) is 12.5 Å². The van der Waals surface area contributed by atoms with E-state index in [0.717, 1.165) is 24.3 Å². The smallest absolute Gasteiger partial charge is 0.338 e. The topological polar surface area (TPSA) is 89.4 Å². The van der Waals surface area contributed by atoms with Crippen LogP contribution < -0.4 is 10.2 Å². The third kappa shape index (κ3) is 5.90. The number of carbonyl (C=O) groups excluding carboxylic acids is 2. The lowest BCUT2D eigenvalue weighted by molar-refractivity contribution is -0.124. The molecular weight excluding hydrogens is 370 g/mol. The van der Waals surface area contributed by atoms with Crippen molar-refractivity contribution < 1.29 is 14.3 Å². The average Bonchev–Trinajstić information content (AvgIpc) is 3.30. The summed E-state index contributed by atoms with van der Waals surface area (Å²) in [6.07, 6.45) is 3.78. The maximum absolute atomic E-state index is 12.1. The summed E-state index contributed by atoms with van der Waals surface area (Å²) in [4.78, 5) is 30.0. The first-order chi connectivity index (χ1) is 14.1. The van der Waals surface area contributed by atoms with E-state index < -0.39 is 5.97 Å². The molecule has 0 aliphatic carbocycles. The van der Waals surface area contributed by atoms with Crippen molar-refractivity contribution in [2.24, 2.45) is 0 Å². The highest BCUT2D eigenvalue weighted by Crippen LogP contribution is 2.11. The molecule has 0 aliphatic rings. The van der Waals surface area contributed by atoms with Crippen LogP contribution in [0.5, 0.6) is 0 Å². The third-order valence-corrected chi connectivity index (χ3v) is 4.31. The number of esters is 1. The van der Waals surface area contributed by atoms with Gasteiger partial charge in [0.15, 0.2) is 6.61 Å². The van der Waals surface area contributed by atoms with Crippen LogP contribution in [0.2, 0.25) is 0 Å². The highest BCUT2D eigenvalue weighted by atomic mass is 16.5. The van der Waals surface area contributed by atoms with Crippen LogP contribution in [0.1, 0.15) is 16.8 Å². The Balaban J connectivity index is 1.35. The van der Waals surface area contributed by atoms with Gasteiger partial charge in [0, 0.05) is 25.8 Å². The minimum Gasteiger partial charge on any atom is -0.452 e. The predicted octanol–water partition coefficient (Wildman–Crippen LogP) is 2.07. The van der Waals surface area contributed by atoms with Crippen molar-refractivity contribution in [2.75, 3.05) is 31.6 Å². The first-order valence-corrected chi connectivity index (χ1v) is 9.28. The zero-order valence-electron chi connectivity index (χ0n) is 16.2. The Morgan fingerprint density at radius 3 is 2.55 bits per heavy atom. The Hall–Kier alpha value is -3.68. The van der Waals surface area contributed by atoms with Crippen LogP contribution in [0.3, 0.4) is 0 Å². The Labute approximate surface area is 169 Å². The van der Waals surface area contributed by atoms with Gasteiger partial charge in [0.2, 0.25) is 0 Å². The number of benzene rings is 2. The summed E-state index contributed by atoms with van der Waals surface area (Å²) in [5.41, 5.74) is 2.27. The number of hydrogen-bond acceptors (Lipinski definition) is 6. The Bertz CT molecular complexity index is 911. The van der Waals surface area contributed by atoms with Gasteiger partial charge in [0.25, 0.3) is 5.91 Å². The van der Waals surface area contributed by atoms with Gasteiger partial charge in [-0.05, 0) is 42.8 Å². The second-order valence-electron chi connectivity index (χ2n) is 6.42. The molecule has 3 aromatic rings. The highest BCUT2D eigenvalue weighted by Gasteiger charge is 2.10. The standard InChI is InChI=1S/C21H23N5O3/c1-25(18-6-3-2-4-7-18)13-5-12-23-20(27)14-29-21(28)17-8-10-19(11-9-17)26-16-22-15-24-26/h2-4,6-11,15-16H,5,12-14H2,1H3,(H,23,27). The molecular formula is C21H23N5O3. The van der Waals surface area contributed by atoms with E-state index in [9.17, 15) is 9.59 Å². The summed E-state index contributed by atoms with van der Waals surface area (Å²) < 4.78 is 6.65. The van der Waals surface area contributed by atoms with Crippen molar-refractivity contribution in [1.82, 2.24) is 20.1 Å². The maximum atomic E-state index is 12.1. The number of aromatic nitrogens is 3. The highest BCUT2D eigenvalue weighted by molar-refractivity contribution is 5.91. The average molecular weight is 393 g/mol. The van der Waals surface area contributed by atoms with E-state index in [0.29, 0.717) is 12.1 Å². The number of amides is 1. The van der Waals surface area contributed by atoms with E-state index in [1.165, 1.54) is 6.33 Å². The minimum atomic E-state index is -0.547. The molecule has 0 fully saturated rings. The van der Waals surface area contributed by atoms with Gasteiger partial charge >= 0.3 is 5.97 Å². The number of rotatable bonds is 9. The van der Waals surface area contributed by atoms with Gasteiger partial charge in [-0.15, -0.1) is 0 Å². The van der Waals surface area contributed by atoms with Gasteiger partial charge in [-0.3, -0.25) is 4.79 Å². The molecule has 2 aromatic carbocycles. The summed E-state index contributed by atoms with van der Waals surface area (Å²) in [6, 6.07) is 16.7. The molecule has 0 saturated heterocycles. The molecule has 0 radical (unpaired) electrons. The monoisotopic (exact) mass is 393 g/mol.